The predicted molar refractivity (Wildman–Crippen MR) is 110 cm³/mol. The van der Waals surface area contributed by atoms with Gasteiger partial charge >= 0.3 is 0 Å². The zero-order valence-corrected chi connectivity index (χ0v) is 16.7. The van der Waals surface area contributed by atoms with E-state index in [1.165, 1.54) is 6.07 Å². The van der Waals surface area contributed by atoms with Gasteiger partial charge in [0.1, 0.15) is 5.82 Å². The van der Waals surface area contributed by atoms with Crippen LogP contribution in [0.25, 0.3) is 0 Å². The first kappa shape index (κ1) is 18.8. The van der Waals surface area contributed by atoms with E-state index in [9.17, 15) is 4.39 Å². The summed E-state index contributed by atoms with van der Waals surface area (Å²) in [6, 6.07) is 14.1. The van der Waals surface area contributed by atoms with Gasteiger partial charge < -0.3 is 10.6 Å². The van der Waals surface area contributed by atoms with E-state index in [1.807, 2.05) is 24.3 Å². The average Bonchev–Trinajstić information content (AvgIpc) is 2.95. The van der Waals surface area contributed by atoms with Crippen molar-refractivity contribution in [2.24, 2.45) is 0 Å². The van der Waals surface area contributed by atoms with Crippen LogP contribution in [0.5, 0.6) is 0 Å². The Labute approximate surface area is 169 Å². The molecule has 4 nitrogen and oxygen atoms in total. The summed E-state index contributed by atoms with van der Waals surface area (Å²) in [5.74, 6) is 0.309. The van der Waals surface area contributed by atoms with Crippen molar-refractivity contribution >= 4 is 50.7 Å². The van der Waals surface area contributed by atoms with Crippen LogP contribution in [0.1, 0.15) is 11.1 Å². The van der Waals surface area contributed by atoms with Crippen LogP contribution < -0.4 is 10.6 Å². The van der Waals surface area contributed by atoms with E-state index >= 15 is 0 Å². The Kier molecular flexibility index (Phi) is 6.24. The first-order chi connectivity index (χ1) is 12.5. The second kappa shape index (κ2) is 8.62. The number of halogens is 3. The number of benzene rings is 2. The lowest BCUT2D eigenvalue weighted by molar-refractivity contribution is 0.585. The number of anilines is 1. The molecule has 0 aliphatic heterocycles. The zero-order valence-electron chi connectivity index (χ0n) is 13.5. The average molecular weight is 454 g/mol. The van der Waals surface area contributed by atoms with Crippen LogP contribution in [0.3, 0.4) is 0 Å². The molecule has 0 amide bonds. The van der Waals surface area contributed by atoms with Crippen molar-refractivity contribution in [1.29, 1.82) is 0 Å². The highest BCUT2D eigenvalue weighted by Gasteiger charge is 2.10. The molecular formula is C18H15BrClFN4S. The number of aromatic nitrogens is 2. The minimum absolute atomic E-state index is 0.256. The van der Waals surface area contributed by atoms with Gasteiger partial charge in [0.05, 0.1) is 11.0 Å². The molecular weight excluding hydrogens is 439 g/mol. The maximum Gasteiger partial charge on any atom is 0.172 e. The molecule has 8 heteroatoms. The summed E-state index contributed by atoms with van der Waals surface area (Å²) in [7, 11) is 0. The Morgan fingerprint density at radius 3 is 2.65 bits per heavy atom. The highest BCUT2D eigenvalue weighted by Crippen LogP contribution is 2.21. The fraction of sp³-hybridized carbons (Fsp3) is 0.111. The molecule has 0 radical (unpaired) electrons. The van der Waals surface area contributed by atoms with Crippen LogP contribution in [0.2, 0.25) is 5.02 Å². The monoisotopic (exact) mass is 452 g/mol. The molecule has 3 aromatic rings. The molecule has 0 atom stereocenters. The molecule has 0 saturated heterocycles. The van der Waals surface area contributed by atoms with Crippen molar-refractivity contribution < 1.29 is 4.39 Å². The largest absolute Gasteiger partial charge is 0.358 e. The summed E-state index contributed by atoms with van der Waals surface area (Å²) < 4.78 is 16.2. The summed E-state index contributed by atoms with van der Waals surface area (Å²) >= 11 is 14.6. The Bertz CT molecular complexity index is 914. The van der Waals surface area contributed by atoms with E-state index in [-0.39, 0.29) is 5.82 Å². The second-order valence-electron chi connectivity index (χ2n) is 5.55. The summed E-state index contributed by atoms with van der Waals surface area (Å²) in [4.78, 5) is 0. The standard InChI is InChI=1S/C18H15BrClFN4S/c19-15-11-25(10-13-3-1-2-4-16(13)21)24-17(15)23-18(26)22-9-12-5-7-14(20)8-6-12/h1-8,11H,9-10H2,(H2,22,23,24,26). The molecule has 0 saturated carbocycles. The van der Waals surface area contributed by atoms with Gasteiger partial charge in [-0.3, -0.25) is 4.68 Å². The van der Waals surface area contributed by atoms with Crippen molar-refractivity contribution in [1.82, 2.24) is 15.1 Å². The molecule has 26 heavy (non-hydrogen) atoms. The fourth-order valence-electron chi connectivity index (χ4n) is 2.30. The van der Waals surface area contributed by atoms with Gasteiger partial charge in [-0.15, -0.1) is 0 Å². The van der Waals surface area contributed by atoms with Crippen molar-refractivity contribution in [3.05, 3.63) is 81.2 Å². The Morgan fingerprint density at radius 1 is 1.19 bits per heavy atom. The minimum Gasteiger partial charge on any atom is -0.358 e. The number of hydrogen-bond donors (Lipinski definition) is 2. The van der Waals surface area contributed by atoms with Crippen LogP contribution in [-0.2, 0) is 13.1 Å². The first-order valence-corrected chi connectivity index (χ1v) is 9.35. The summed E-state index contributed by atoms with van der Waals surface area (Å²) in [5, 5.41) is 11.7. The lowest BCUT2D eigenvalue weighted by Gasteiger charge is -2.09. The summed E-state index contributed by atoms with van der Waals surface area (Å²) in [6.45, 7) is 0.897. The number of nitrogens with one attached hydrogen (secondary N) is 2. The smallest absolute Gasteiger partial charge is 0.172 e. The Balaban J connectivity index is 1.59. The van der Waals surface area contributed by atoms with Gasteiger partial charge in [-0.25, -0.2) is 4.39 Å². The van der Waals surface area contributed by atoms with E-state index in [1.54, 1.807) is 29.1 Å². The van der Waals surface area contributed by atoms with Crippen molar-refractivity contribution in [3.63, 3.8) is 0 Å². The molecule has 0 unspecified atom stereocenters. The molecule has 0 aliphatic rings. The van der Waals surface area contributed by atoms with Crippen molar-refractivity contribution in [2.75, 3.05) is 5.32 Å². The fourth-order valence-corrected chi connectivity index (χ4v) is 3.01. The van der Waals surface area contributed by atoms with Gasteiger partial charge in [0.2, 0.25) is 0 Å². The van der Waals surface area contributed by atoms with Crippen molar-refractivity contribution in [3.8, 4) is 0 Å². The second-order valence-corrected chi connectivity index (χ2v) is 7.25. The van der Waals surface area contributed by atoms with Crippen LogP contribution in [0.15, 0.2) is 59.2 Å². The van der Waals surface area contributed by atoms with Crippen LogP contribution in [0, 0.1) is 5.82 Å². The number of nitrogens with zero attached hydrogens (tertiary/aromatic N) is 2. The highest BCUT2D eigenvalue weighted by atomic mass is 79.9. The molecule has 3 rings (SSSR count). The summed E-state index contributed by atoms with van der Waals surface area (Å²) in [5.41, 5.74) is 1.63. The summed E-state index contributed by atoms with van der Waals surface area (Å²) in [6.07, 6.45) is 1.77. The van der Waals surface area contributed by atoms with Crippen LogP contribution in [-0.4, -0.2) is 14.9 Å². The third-order valence-electron chi connectivity index (χ3n) is 3.61. The molecule has 2 N–H and O–H groups in total. The topological polar surface area (TPSA) is 41.9 Å². The Hall–Kier alpha value is -1.96. The number of thiocarbonyl (C=S) groups is 1. The molecule has 0 spiro atoms. The predicted octanol–water partition coefficient (Wildman–Crippen LogP) is 4.97. The SMILES string of the molecule is Fc1ccccc1Cn1cc(Br)c(NC(=S)NCc2ccc(Cl)cc2)n1. The maximum absolute atomic E-state index is 13.8. The van der Waals surface area contributed by atoms with Gasteiger partial charge in [0, 0.05) is 23.3 Å². The number of rotatable bonds is 5. The number of hydrogen-bond acceptors (Lipinski definition) is 2. The lowest BCUT2D eigenvalue weighted by Crippen LogP contribution is -2.28. The van der Waals surface area contributed by atoms with Crippen LogP contribution in [0.4, 0.5) is 10.2 Å². The molecule has 2 aromatic carbocycles. The van der Waals surface area contributed by atoms with E-state index in [2.05, 4.69) is 31.7 Å². The van der Waals surface area contributed by atoms with Gasteiger partial charge in [0.25, 0.3) is 0 Å². The van der Waals surface area contributed by atoms with E-state index in [0.29, 0.717) is 34.6 Å². The molecule has 134 valence electrons. The third kappa shape index (κ3) is 5.03. The zero-order chi connectivity index (χ0) is 18.5. The van der Waals surface area contributed by atoms with Gasteiger partial charge in [0.15, 0.2) is 10.9 Å². The minimum atomic E-state index is -0.256. The lowest BCUT2D eigenvalue weighted by atomic mass is 10.2. The van der Waals surface area contributed by atoms with Gasteiger partial charge in [-0.2, -0.15) is 5.10 Å². The molecule has 1 heterocycles. The van der Waals surface area contributed by atoms with E-state index in [4.69, 9.17) is 23.8 Å². The normalized spacial score (nSPS) is 10.6. The molecule has 0 aliphatic carbocycles. The molecule has 0 fully saturated rings. The third-order valence-corrected chi connectivity index (χ3v) is 4.68. The Morgan fingerprint density at radius 2 is 1.92 bits per heavy atom. The molecule has 1 aromatic heterocycles. The van der Waals surface area contributed by atoms with Gasteiger partial charge in [-0.1, -0.05) is 41.9 Å². The first-order valence-electron chi connectivity index (χ1n) is 7.77. The maximum atomic E-state index is 13.8. The van der Waals surface area contributed by atoms with Crippen molar-refractivity contribution in [2.45, 2.75) is 13.1 Å². The van der Waals surface area contributed by atoms with E-state index in [0.717, 1.165) is 10.0 Å². The van der Waals surface area contributed by atoms with E-state index < -0.39 is 0 Å². The van der Waals surface area contributed by atoms with Crippen LogP contribution >= 0.6 is 39.7 Å². The quantitative estimate of drug-likeness (QED) is 0.535. The molecule has 0 bridgehead atoms. The van der Waals surface area contributed by atoms with Gasteiger partial charge in [-0.05, 0) is 51.9 Å². The highest BCUT2D eigenvalue weighted by molar-refractivity contribution is 9.10.